The van der Waals surface area contributed by atoms with Crippen LogP contribution in [0, 0.1) is 0 Å². The predicted octanol–water partition coefficient (Wildman–Crippen LogP) is 2.72. The van der Waals surface area contributed by atoms with E-state index >= 15 is 0 Å². The highest BCUT2D eigenvalue weighted by atomic mass is 16.8. The second kappa shape index (κ2) is 18.9. The van der Waals surface area contributed by atoms with Crippen LogP contribution in [0.5, 0.6) is 0 Å². The first kappa shape index (κ1) is 40.2. The van der Waals surface area contributed by atoms with E-state index < -0.39 is 98.5 Å². The molecule has 15 nitrogen and oxygen atoms in total. The van der Waals surface area contributed by atoms with Crippen LogP contribution in [-0.4, -0.2) is 121 Å². The first-order chi connectivity index (χ1) is 27.2. The van der Waals surface area contributed by atoms with Crippen molar-refractivity contribution in [2.24, 2.45) is 0 Å². The van der Waals surface area contributed by atoms with Crippen LogP contribution in [0.15, 0.2) is 121 Å². The molecule has 0 saturated carbocycles. The van der Waals surface area contributed by atoms with Crippen molar-refractivity contribution in [3.05, 3.63) is 144 Å². The fraction of sp³-hybridized carbons (Fsp3) is 0.317. The number of ether oxygens (including phenoxy) is 8. The molecule has 4 aromatic carbocycles. The predicted molar refractivity (Wildman–Crippen MR) is 192 cm³/mol. The van der Waals surface area contributed by atoms with Crippen LogP contribution in [0.25, 0.3) is 0 Å². The summed E-state index contributed by atoms with van der Waals surface area (Å²) >= 11 is 0. The van der Waals surface area contributed by atoms with Crippen molar-refractivity contribution in [2.45, 2.75) is 61.4 Å². The third-order valence-electron chi connectivity index (χ3n) is 9.08. The maximum absolute atomic E-state index is 13.8. The number of aliphatic hydroxyl groups is 3. The minimum Gasteiger partial charge on any atom is -0.459 e. The number of hydrogen-bond acceptors (Lipinski definition) is 15. The fourth-order valence-electron chi connectivity index (χ4n) is 6.20. The van der Waals surface area contributed by atoms with Crippen molar-refractivity contribution in [3.8, 4) is 0 Å². The molecule has 2 heterocycles. The van der Waals surface area contributed by atoms with Gasteiger partial charge in [0.25, 0.3) is 0 Å². The minimum absolute atomic E-state index is 0.0714. The molecule has 2 aliphatic heterocycles. The molecule has 0 radical (unpaired) electrons. The van der Waals surface area contributed by atoms with Gasteiger partial charge in [-0.2, -0.15) is 0 Å². The molecule has 0 unspecified atom stereocenters. The molecule has 0 aliphatic carbocycles. The summed E-state index contributed by atoms with van der Waals surface area (Å²) in [4.78, 5) is 54.5. The van der Waals surface area contributed by atoms with Gasteiger partial charge in [0.15, 0.2) is 30.9 Å². The third-order valence-corrected chi connectivity index (χ3v) is 9.08. The Morgan fingerprint density at radius 2 is 0.929 bits per heavy atom. The summed E-state index contributed by atoms with van der Waals surface area (Å²) in [7, 11) is 1.22. The van der Waals surface area contributed by atoms with Crippen LogP contribution in [0.3, 0.4) is 0 Å². The van der Waals surface area contributed by atoms with Gasteiger partial charge in [-0.3, -0.25) is 0 Å². The molecule has 56 heavy (non-hydrogen) atoms. The van der Waals surface area contributed by atoms with E-state index in [0.717, 1.165) is 0 Å². The number of methoxy groups -OCH3 is 1. The van der Waals surface area contributed by atoms with Gasteiger partial charge in [-0.1, -0.05) is 72.8 Å². The zero-order valence-corrected chi connectivity index (χ0v) is 30.0. The summed E-state index contributed by atoms with van der Waals surface area (Å²) in [5.74, 6) is -3.54. The minimum atomic E-state index is -1.84. The summed E-state index contributed by atoms with van der Waals surface area (Å²) in [5.41, 5.74) is 0.437. The SMILES string of the molecule is CO[C@@H]1O[C@H](CO)[C@H](O)[C@H](O[C@H]2O[C@H](COC(=O)c3ccccc3)[C@@H](OC(=O)c3ccccc3)[C@H](OC(=O)c3ccccc3)[C@@H]2OC(=O)c2ccccc2)[C@H]1O. The molecule has 10 atom stereocenters. The van der Waals surface area contributed by atoms with Gasteiger partial charge in [-0.05, 0) is 48.5 Å². The lowest BCUT2D eigenvalue weighted by Crippen LogP contribution is -2.66. The fourth-order valence-corrected chi connectivity index (χ4v) is 6.20. The Morgan fingerprint density at radius 1 is 0.518 bits per heavy atom. The molecular weight excluding hydrogens is 732 g/mol. The van der Waals surface area contributed by atoms with Gasteiger partial charge in [0.2, 0.25) is 0 Å². The molecule has 2 aliphatic rings. The van der Waals surface area contributed by atoms with Gasteiger partial charge >= 0.3 is 23.9 Å². The van der Waals surface area contributed by atoms with Crippen LogP contribution in [-0.2, 0) is 37.9 Å². The highest BCUT2D eigenvalue weighted by Crippen LogP contribution is 2.34. The van der Waals surface area contributed by atoms with Gasteiger partial charge in [-0.25, -0.2) is 19.2 Å². The van der Waals surface area contributed by atoms with E-state index in [1.54, 1.807) is 72.8 Å². The van der Waals surface area contributed by atoms with Gasteiger partial charge in [0.05, 0.1) is 28.9 Å². The molecule has 0 amide bonds. The van der Waals surface area contributed by atoms with E-state index in [1.165, 1.54) is 55.6 Å². The molecule has 2 saturated heterocycles. The van der Waals surface area contributed by atoms with Crippen LogP contribution >= 0.6 is 0 Å². The maximum Gasteiger partial charge on any atom is 0.338 e. The Balaban J connectivity index is 1.44. The number of esters is 4. The molecule has 0 aromatic heterocycles. The molecular formula is C41H40O15. The molecule has 0 bridgehead atoms. The quantitative estimate of drug-likeness (QED) is 0.132. The van der Waals surface area contributed by atoms with Crippen LogP contribution < -0.4 is 0 Å². The van der Waals surface area contributed by atoms with Crippen LogP contribution in [0.1, 0.15) is 41.4 Å². The third kappa shape index (κ3) is 9.46. The van der Waals surface area contributed by atoms with Crippen molar-refractivity contribution in [3.63, 3.8) is 0 Å². The van der Waals surface area contributed by atoms with Gasteiger partial charge < -0.3 is 53.2 Å². The van der Waals surface area contributed by atoms with Crippen molar-refractivity contribution in [2.75, 3.05) is 20.3 Å². The molecule has 4 aromatic rings. The van der Waals surface area contributed by atoms with Gasteiger partial charge in [0.1, 0.15) is 37.1 Å². The molecule has 3 N–H and O–H groups in total. The van der Waals surface area contributed by atoms with Crippen molar-refractivity contribution in [1.82, 2.24) is 0 Å². The topological polar surface area (TPSA) is 203 Å². The lowest BCUT2D eigenvalue weighted by atomic mass is 9.96. The van der Waals surface area contributed by atoms with E-state index in [9.17, 15) is 34.5 Å². The van der Waals surface area contributed by atoms with Crippen molar-refractivity contribution < 1.29 is 72.4 Å². The van der Waals surface area contributed by atoms with E-state index in [2.05, 4.69) is 0 Å². The Labute approximate surface area is 321 Å². The summed E-state index contributed by atoms with van der Waals surface area (Å²) in [5, 5.41) is 32.4. The Kier molecular flexibility index (Phi) is 13.5. The normalized spacial score (nSPS) is 27.4. The number of rotatable bonds is 13. The number of benzene rings is 4. The van der Waals surface area contributed by atoms with Crippen molar-refractivity contribution in [1.29, 1.82) is 0 Å². The molecule has 0 spiro atoms. The standard InChI is InChI=1S/C41H40O15/c1-49-40-31(44)33(30(43)28(22-42)51-40)56-41-35(55-39(48)27-20-12-5-13-21-27)34(54-38(47)26-18-10-4-11-19-26)32(53-37(46)25-16-8-3-9-17-25)29(52-41)23-50-36(45)24-14-6-2-7-15-24/h2-21,28-35,40-44H,22-23H2,1H3/t28-,29-,30+,31-,32-,33+,34+,35+,40-,41-/m1/s1. The zero-order chi connectivity index (χ0) is 39.6. The Bertz CT molecular complexity index is 1880. The van der Waals surface area contributed by atoms with E-state index in [1.807, 2.05) is 0 Å². The summed E-state index contributed by atoms with van der Waals surface area (Å²) in [6.45, 7) is -1.34. The lowest BCUT2D eigenvalue weighted by Gasteiger charge is -2.47. The van der Waals surface area contributed by atoms with Crippen LogP contribution in [0.2, 0.25) is 0 Å². The highest BCUT2D eigenvalue weighted by Gasteiger charge is 2.56. The molecule has 294 valence electrons. The first-order valence-corrected chi connectivity index (χ1v) is 17.6. The number of carbonyl (C=O) groups excluding carboxylic acids is 4. The zero-order valence-electron chi connectivity index (χ0n) is 30.0. The molecule has 6 rings (SSSR count). The average molecular weight is 773 g/mol. The number of aliphatic hydroxyl groups excluding tert-OH is 3. The van der Waals surface area contributed by atoms with E-state index in [4.69, 9.17) is 37.9 Å². The maximum atomic E-state index is 13.8. The molecule has 15 heteroatoms. The lowest BCUT2D eigenvalue weighted by molar-refractivity contribution is -0.356. The summed E-state index contributed by atoms with van der Waals surface area (Å²) < 4.78 is 46.9. The highest BCUT2D eigenvalue weighted by molar-refractivity contribution is 5.91. The van der Waals surface area contributed by atoms with Crippen molar-refractivity contribution >= 4 is 23.9 Å². The average Bonchev–Trinajstić information content (AvgIpc) is 3.24. The van der Waals surface area contributed by atoms with Gasteiger partial charge in [0, 0.05) is 7.11 Å². The first-order valence-electron chi connectivity index (χ1n) is 17.6. The monoisotopic (exact) mass is 772 g/mol. The second-order valence-electron chi connectivity index (χ2n) is 12.8. The summed E-state index contributed by atoms with van der Waals surface area (Å²) in [6.07, 6.45) is -16.3. The summed E-state index contributed by atoms with van der Waals surface area (Å²) in [6, 6.07) is 31.5. The van der Waals surface area contributed by atoms with Gasteiger partial charge in [-0.15, -0.1) is 0 Å². The van der Waals surface area contributed by atoms with E-state index in [-0.39, 0.29) is 22.3 Å². The largest absolute Gasteiger partial charge is 0.459 e. The smallest absolute Gasteiger partial charge is 0.338 e. The number of hydrogen-bond donors (Lipinski definition) is 3. The van der Waals surface area contributed by atoms with E-state index in [0.29, 0.717) is 0 Å². The molecule has 2 fully saturated rings. The van der Waals surface area contributed by atoms with Crippen LogP contribution in [0.4, 0.5) is 0 Å². The number of carbonyl (C=O) groups is 4. The Hall–Kier alpha value is -5.52. The Morgan fingerprint density at radius 3 is 1.38 bits per heavy atom. The second-order valence-corrected chi connectivity index (χ2v) is 12.8.